The lowest BCUT2D eigenvalue weighted by molar-refractivity contribution is -0.121. The molecule has 1 aliphatic rings. The van der Waals surface area contributed by atoms with Crippen LogP contribution < -0.4 is 5.32 Å². The molecule has 1 aliphatic carbocycles. The van der Waals surface area contributed by atoms with Crippen LogP contribution in [0.1, 0.15) is 31.5 Å². The standard InChI is InChI=1S/C22H26N4O2/c1-14(2)11-24-21(27)13-26-12-18(17-10-16(28-3)6-7-20(17)26)19-9-15-5-4-8-23-22(15)25-19/h4-5,8-10,12,14H,6-7,11,13H2,1-3H3,(H,23,25)(H,24,27). The van der Waals surface area contributed by atoms with E-state index in [4.69, 9.17) is 4.74 Å². The second kappa shape index (κ2) is 7.54. The molecule has 3 aromatic rings. The molecule has 3 aromatic heterocycles. The molecule has 0 fully saturated rings. The summed E-state index contributed by atoms with van der Waals surface area (Å²) in [7, 11) is 1.71. The van der Waals surface area contributed by atoms with E-state index in [9.17, 15) is 4.79 Å². The number of fused-ring (bicyclic) bond motifs is 2. The van der Waals surface area contributed by atoms with Crippen LogP contribution in [0.5, 0.6) is 0 Å². The zero-order valence-corrected chi connectivity index (χ0v) is 16.6. The van der Waals surface area contributed by atoms with Gasteiger partial charge in [0.25, 0.3) is 0 Å². The average molecular weight is 378 g/mol. The van der Waals surface area contributed by atoms with Crippen molar-refractivity contribution in [2.45, 2.75) is 33.2 Å². The highest BCUT2D eigenvalue weighted by Gasteiger charge is 2.22. The molecule has 4 rings (SSSR count). The third kappa shape index (κ3) is 3.54. The highest BCUT2D eigenvalue weighted by molar-refractivity contribution is 5.87. The zero-order chi connectivity index (χ0) is 19.7. The van der Waals surface area contributed by atoms with Gasteiger partial charge in [-0.2, -0.15) is 0 Å². The first kappa shape index (κ1) is 18.3. The molecule has 0 saturated carbocycles. The molecular formula is C22H26N4O2. The summed E-state index contributed by atoms with van der Waals surface area (Å²) in [5.41, 5.74) is 5.22. The summed E-state index contributed by atoms with van der Waals surface area (Å²) in [6.45, 7) is 5.20. The Balaban J connectivity index is 1.73. The van der Waals surface area contributed by atoms with E-state index >= 15 is 0 Å². The fourth-order valence-electron chi connectivity index (χ4n) is 3.68. The van der Waals surface area contributed by atoms with Crippen LogP contribution in [0.2, 0.25) is 0 Å². The molecule has 0 aliphatic heterocycles. The number of pyridine rings is 1. The van der Waals surface area contributed by atoms with Gasteiger partial charge in [-0.1, -0.05) is 13.8 Å². The lowest BCUT2D eigenvalue weighted by Crippen LogP contribution is -2.31. The van der Waals surface area contributed by atoms with Crippen molar-refractivity contribution in [3.63, 3.8) is 0 Å². The van der Waals surface area contributed by atoms with Crippen molar-refractivity contribution in [1.29, 1.82) is 0 Å². The van der Waals surface area contributed by atoms with Gasteiger partial charge in [0.05, 0.1) is 12.9 Å². The van der Waals surface area contributed by atoms with Crippen LogP contribution >= 0.6 is 0 Å². The first-order valence-corrected chi connectivity index (χ1v) is 9.72. The largest absolute Gasteiger partial charge is 0.501 e. The van der Waals surface area contributed by atoms with E-state index in [-0.39, 0.29) is 5.91 Å². The summed E-state index contributed by atoms with van der Waals surface area (Å²) < 4.78 is 7.57. The van der Waals surface area contributed by atoms with Crippen molar-refractivity contribution < 1.29 is 9.53 Å². The van der Waals surface area contributed by atoms with Gasteiger partial charge in [0, 0.05) is 53.3 Å². The molecule has 3 heterocycles. The van der Waals surface area contributed by atoms with E-state index in [0.29, 0.717) is 19.0 Å². The Kier molecular flexibility index (Phi) is 4.94. The van der Waals surface area contributed by atoms with Crippen molar-refractivity contribution in [1.82, 2.24) is 19.9 Å². The Labute approximate surface area is 164 Å². The number of carbonyl (C=O) groups is 1. The number of allylic oxidation sites excluding steroid dienone is 1. The second-order valence-corrected chi connectivity index (χ2v) is 7.67. The monoisotopic (exact) mass is 378 g/mol. The van der Waals surface area contributed by atoms with Gasteiger partial charge < -0.3 is 19.6 Å². The van der Waals surface area contributed by atoms with Gasteiger partial charge in [0.1, 0.15) is 12.2 Å². The summed E-state index contributed by atoms with van der Waals surface area (Å²) in [6, 6.07) is 6.08. The summed E-state index contributed by atoms with van der Waals surface area (Å²) >= 11 is 0. The van der Waals surface area contributed by atoms with Crippen LogP contribution in [0.4, 0.5) is 0 Å². The maximum atomic E-state index is 12.4. The fraction of sp³-hybridized carbons (Fsp3) is 0.364. The quantitative estimate of drug-likeness (QED) is 0.686. The minimum absolute atomic E-state index is 0.0397. The van der Waals surface area contributed by atoms with Crippen molar-refractivity contribution in [3.05, 3.63) is 47.6 Å². The van der Waals surface area contributed by atoms with E-state index in [1.54, 1.807) is 13.3 Å². The molecule has 0 saturated heterocycles. The van der Waals surface area contributed by atoms with Crippen molar-refractivity contribution in [2.75, 3.05) is 13.7 Å². The Morgan fingerprint density at radius 2 is 2.25 bits per heavy atom. The molecule has 0 spiro atoms. The number of hydrogen-bond acceptors (Lipinski definition) is 3. The molecule has 1 amide bonds. The molecular weight excluding hydrogens is 352 g/mol. The number of H-pyrrole nitrogens is 1. The molecule has 0 atom stereocenters. The summed E-state index contributed by atoms with van der Waals surface area (Å²) in [4.78, 5) is 20.2. The molecule has 6 heteroatoms. The number of ether oxygens (including phenoxy) is 1. The third-order valence-corrected chi connectivity index (χ3v) is 5.11. The normalized spacial score (nSPS) is 13.5. The van der Waals surface area contributed by atoms with E-state index in [1.807, 2.05) is 12.1 Å². The Bertz CT molecular complexity index is 1010. The van der Waals surface area contributed by atoms with Gasteiger partial charge in [-0.05, 0) is 36.6 Å². The molecule has 0 aromatic carbocycles. The van der Waals surface area contributed by atoms with Crippen molar-refractivity contribution >= 4 is 23.0 Å². The van der Waals surface area contributed by atoms with Crippen LogP contribution in [0.25, 0.3) is 28.4 Å². The van der Waals surface area contributed by atoms with Gasteiger partial charge in [0.15, 0.2) is 0 Å². The Hall–Kier alpha value is -3.02. The van der Waals surface area contributed by atoms with E-state index in [0.717, 1.165) is 46.5 Å². The molecule has 146 valence electrons. The van der Waals surface area contributed by atoms with Gasteiger partial charge in [-0.3, -0.25) is 4.79 Å². The zero-order valence-electron chi connectivity index (χ0n) is 16.6. The summed E-state index contributed by atoms with van der Waals surface area (Å²) in [6.07, 6.45) is 7.64. The Morgan fingerprint density at radius 3 is 3.00 bits per heavy atom. The minimum Gasteiger partial charge on any atom is -0.501 e. The average Bonchev–Trinajstić information content (AvgIpc) is 3.27. The molecule has 0 bridgehead atoms. The molecule has 0 unspecified atom stereocenters. The van der Waals surface area contributed by atoms with Gasteiger partial charge >= 0.3 is 0 Å². The molecule has 28 heavy (non-hydrogen) atoms. The number of hydrogen-bond donors (Lipinski definition) is 2. The topological polar surface area (TPSA) is 71.9 Å². The van der Waals surface area contributed by atoms with E-state index in [1.165, 1.54) is 5.69 Å². The number of aromatic nitrogens is 3. The first-order valence-electron chi connectivity index (χ1n) is 9.72. The van der Waals surface area contributed by atoms with Crippen LogP contribution in [0.15, 0.2) is 36.4 Å². The lowest BCUT2D eigenvalue weighted by Gasteiger charge is -2.16. The number of aromatic amines is 1. The summed E-state index contributed by atoms with van der Waals surface area (Å²) in [5, 5.41) is 4.08. The molecule has 6 nitrogen and oxygen atoms in total. The molecule has 0 radical (unpaired) electrons. The number of methoxy groups -OCH3 is 1. The number of nitrogens with one attached hydrogen (secondary N) is 2. The van der Waals surface area contributed by atoms with Gasteiger partial charge in [0.2, 0.25) is 5.91 Å². The fourth-order valence-corrected chi connectivity index (χ4v) is 3.68. The van der Waals surface area contributed by atoms with Crippen LogP contribution in [0, 0.1) is 5.92 Å². The maximum absolute atomic E-state index is 12.4. The van der Waals surface area contributed by atoms with E-state index < -0.39 is 0 Å². The smallest absolute Gasteiger partial charge is 0.239 e. The van der Waals surface area contributed by atoms with Crippen LogP contribution in [-0.2, 0) is 22.5 Å². The van der Waals surface area contributed by atoms with Crippen molar-refractivity contribution in [2.24, 2.45) is 5.92 Å². The second-order valence-electron chi connectivity index (χ2n) is 7.67. The van der Waals surface area contributed by atoms with Crippen LogP contribution in [0.3, 0.4) is 0 Å². The van der Waals surface area contributed by atoms with Gasteiger partial charge in [-0.15, -0.1) is 0 Å². The lowest BCUT2D eigenvalue weighted by atomic mass is 9.99. The van der Waals surface area contributed by atoms with Crippen molar-refractivity contribution in [3.8, 4) is 11.3 Å². The summed E-state index contributed by atoms with van der Waals surface area (Å²) in [5.74, 6) is 1.44. The van der Waals surface area contributed by atoms with Crippen LogP contribution in [-0.4, -0.2) is 34.1 Å². The maximum Gasteiger partial charge on any atom is 0.239 e. The number of rotatable bonds is 6. The number of nitrogens with zero attached hydrogens (tertiary/aromatic N) is 2. The van der Waals surface area contributed by atoms with E-state index in [2.05, 4.69) is 52.0 Å². The number of amides is 1. The Morgan fingerprint density at radius 1 is 1.39 bits per heavy atom. The highest BCUT2D eigenvalue weighted by atomic mass is 16.5. The minimum atomic E-state index is 0.0397. The highest BCUT2D eigenvalue weighted by Crippen LogP contribution is 2.35. The predicted octanol–water partition coefficient (Wildman–Crippen LogP) is 3.74. The predicted molar refractivity (Wildman–Crippen MR) is 111 cm³/mol. The van der Waals surface area contributed by atoms with Gasteiger partial charge in [-0.25, -0.2) is 4.98 Å². The molecule has 2 N–H and O–H groups in total. The number of carbonyl (C=O) groups excluding carboxylic acids is 1. The third-order valence-electron chi connectivity index (χ3n) is 5.11. The SMILES string of the molecule is COC1=Cc2c(-c3cc4cccnc4[nH]3)cn(CC(=O)NCC(C)C)c2CC1. The first-order chi connectivity index (χ1) is 13.5.